The molecule has 1 aliphatic rings. The Labute approximate surface area is 145 Å². The van der Waals surface area contributed by atoms with Crippen LogP contribution in [-0.2, 0) is 0 Å². The third-order valence-electron chi connectivity index (χ3n) is 4.89. The molecule has 0 heteroatoms. The molecule has 3 rings (SSSR count). The lowest BCUT2D eigenvalue weighted by Gasteiger charge is -2.16. The normalized spacial score (nSPS) is 17.0. The maximum Gasteiger partial charge on any atom is 0.0668 e. The maximum atomic E-state index is 3.50. The number of benzene rings is 2. The molecule has 0 aliphatic heterocycles. The Morgan fingerprint density at radius 1 is 0.750 bits per heavy atom. The number of aryl methyl sites for hydroxylation is 3. The number of hydrogen-bond acceptors (Lipinski definition) is 0. The number of hydrogen-bond donors (Lipinski definition) is 0. The average Bonchev–Trinajstić information content (AvgIpc) is 2.68. The first-order valence-corrected chi connectivity index (χ1v) is 8.51. The van der Waals surface area contributed by atoms with E-state index < -0.39 is 0 Å². The van der Waals surface area contributed by atoms with Crippen molar-refractivity contribution < 1.29 is 0 Å². The van der Waals surface area contributed by atoms with Crippen molar-refractivity contribution in [2.45, 2.75) is 40.5 Å². The first-order chi connectivity index (χ1) is 11.5. The van der Waals surface area contributed by atoms with Gasteiger partial charge in [0, 0.05) is 5.57 Å². The van der Waals surface area contributed by atoms with Crippen molar-refractivity contribution in [2.24, 2.45) is 0 Å². The number of rotatable bonds is 2. The van der Waals surface area contributed by atoms with Gasteiger partial charge in [0.25, 0.3) is 0 Å². The fourth-order valence-corrected chi connectivity index (χ4v) is 3.51. The van der Waals surface area contributed by atoms with Crippen LogP contribution in [0.3, 0.4) is 0 Å². The smallest absolute Gasteiger partial charge is 0.0668 e. The van der Waals surface area contributed by atoms with Crippen molar-refractivity contribution >= 4 is 5.57 Å². The Morgan fingerprint density at radius 3 is 2.04 bits per heavy atom. The summed E-state index contributed by atoms with van der Waals surface area (Å²) in [6, 6.07) is 15.1. The molecule has 0 nitrogen and oxygen atoms in total. The fourth-order valence-electron chi connectivity index (χ4n) is 3.51. The highest BCUT2D eigenvalue weighted by atomic mass is 14.2. The molecule has 0 saturated heterocycles. The van der Waals surface area contributed by atoms with Gasteiger partial charge < -0.3 is 0 Å². The third-order valence-corrected chi connectivity index (χ3v) is 4.89. The molecule has 0 aromatic heterocycles. The van der Waals surface area contributed by atoms with Gasteiger partial charge in [0.2, 0.25) is 0 Å². The van der Waals surface area contributed by atoms with Crippen LogP contribution in [0.1, 0.15) is 47.6 Å². The molecule has 1 unspecified atom stereocenters. The van der Waals surface area contributed by atoms with E-state index in [4.69, 9.17) is 0 Å². The maximum absolute atomic E-state index is 3.50. The van der Waals surface area contributed by atoms with E-state index in [0.29, 0.717) is 0 Å². The van der Waals surface area contributed by atoms with Gasteiger partial charge in [0.05, 0.1) is 5.92 Å². The van der Waals surface area contributed by atoms with Crippen molar-refractivity contribution in [3.63, 3.8) is 0 Å². The summed E-state index contributed by atoms with van der Waals surface area (Å²) in [5, 5.41) is 0. The summed E-state index contributed by atoms with van der Waals surface area (Å²) in [7, 11) is 0. The van der Waals surface area contributed by atoms with Crippen LogP contribution in [0.5, 0.6) is 0 Å². The molecule has 2 aromatic rings. The predicted octanol–water partition coefficient (Wildman–Crippen LogP) is 6.13. The molecular formula is C24H24. The van der Waals surface area contributed by atoms with E-state index in [0.717, 1.165) is 5.57 Å². The van der Waals surface area contributed by atoms with Crippen LogP contribution in [0, 0.1) is 32.6 Å². The molecule has 0 amide bonds. The van der Waals surface area contributed by atoms with Gasteiger partial charge in [0.15, 0.2) is 0 Å². The summed E-state index contributed by atoms with van der Waals surface area (Å²) in [5.74, 6) is 7.10. The Bertz CT molecular complexity index is 890. The molecule has 120 valence electrons. The molecular weight excluding hydrogens is 288 g/mol. The highest BCUT2D eigenvalue weighted by Crippen LogP contribution is 2.34. The Kier molecular flexibility index (Phi) is 4.45. The molecule has 24 heavy (non-hydrogen) atoms. The van der Waals surface area contributed by atoms with Crippen molar-refractivity contribution in [1.29, 1.82) is 0 Å². The average molecular weight is 312 g/mol. The molecule has 0 radical (unpaired) electrons. The van der Waals surface area contributed by atoms with Crippen LogP contribution in [0.25, 0.3) is 5.57 Å². The van der Waals surface area contributed by atoms with Gasteiger partial charge in [-0.05, 0) is 68.0 Å². The van der Waals surface area contributed by atoms with E-state index in [2.05, 4.69) is 95.0 Å². The van der Waals surface area contributed by atoms with Gasteiger partial charge in [-0.1, -0.05) is 66.0 Å². The lowest BCUT2D eigenvalue weighted by molar-refractivity contribution is 1.01. The molecule has 2 aromatic carbocycles. The first-order valence-electron chi connectivity index (χ1n) is 8.51. The van der Waals surface area contributed by atoms with Gasteiger partial charge in [-0.15, -0.1) is 0 Å². The summed E-state index contributed by atoms with van der Waals surface area (Å²) in [6.07, 6.45) is 2.33. The zero-order valence-electron chi connectivity index (χ0n) is 15.2. The molecule has 0 spiro atoms. The summed E-state index contributed by atoms with van der Waals surface area (Å²) in [5.41, 5.74) is 10.3. The molecule has 1 atom stereocenters. The van der Waals surface area contributed by atoms with E-state index in [-0.39, 0.29) is 5.92 Å². The molecule has 0 bridgehead atoms. The summed E-state index contributed by atoms with van der Waals surface area (Å²) in [4.78, 5) is 0. The number of allylic oxidation sites excluding steroid dienone is 4. The lowest BCUT2D eigenvalue weighted by atomic mass is 9.87. The van der Waals surface area contributed by atoms with Crippen molar-refractivity contribution in [2.75, 3.05) is 0 Å². The second kappa shape index (κ2) is 6.54. The summed E-state index contributed by atoms with van der Waals surface area (Å²) >= 11 is 0. The molecule has 0 fully saturated rings. The molecule has 0 saturated carbocycles. The van der Waals surface area contributed by atoms with Gasteiger partial charge in [-0.2, -0.15) is 0 Å². The van der Waals surface area contributed by atoms with Crippen LogP contribution in [0.15, 0.2) is 59.7 Å². The molecule has 1 aliphatic carbocycles. The van der Waals surface area contributed by atoms with E-state index in [1.54, 1.807) is 0 Å². The lowest BCUT2D eigenvalue weighted by Crippen LogP contribution is -2.00. The second-order valence-corrected chi connectivity index (χ2v) is 6.75. The SMILES string of the molecule is CC1=CC(c2c(C)cccc2C)=C(C)C#CC1c1ccccc1C. The fraction of sp³-hybridized carbons (Fsp3) is 0.250. The minimum Gasteiger partial charge on any atom is -0.0855 e. The minimum absolute atomic E-state index is 0.169. The van der Waals surface area contributed by atoms with Crippen LogP contribution < -0.4 is 0 Å². The van der Waals surface area contributed by atoms with Crippen LogP contribution in [0.4, 0.5) is 0 Å². The monoisotopic (exact) mass is 312 g/mol. The van der Waals surface area contributed by atoms with Gasteiger partial charge in [-0.3, -0.25) is 0 Å². The van der Waals surface area contributed by atoms with Crippen LogP contribution in [0.2, 0.25) is 0 Å². The second-order valence-electron chi connectivity index (χ2n) is 6.75. The minimum atomic E-state index is 0.169. The van der Waals surface area contributed by atoms with E-state index in [1.165, 1.54) is 39.0 Å². The van der Waals surface area contributed by atoms with E-state index in [9.17, 15) is 0 Å². The standard InChI is InChI=1S/C24H24/c1-16-9-6-7-12-21(16)22-14-13-17(2)23(15-20(22)5)24-18(3)10-8-11-19(24)4/h6-12,15,22H,1-5H3. The van der Waals surface area contributed by atoms with Crippen molar-refractivity contribution in [3.8, 4) is 11.8 Å². The third kappa shape index (κ3) is 2.95. The zero-order chi connectivity index (χ0) is 17.3. The summed E-state index contributed by atoms with van der Waals surface area (Å²) in [6.45, 7) is 10.9. The largest absolute Gasteiger partial charge is 0.0855 e. The first kappa shape index (κ1) is 16.3. The molecule has 0 heterocycles. The van der Waals surface area contributed by atoms with Gasteiger partial charge in [-0.25, -0.2) is 0 Å². The predicted molar refractivity (Wildman–Crippen MR) is 104 cm³/mol. The highest BCUT2D eigenvalue weighted by molar-refractivity contribution is 5.84. The summed E-state index contributed by atoms with van der Waals surface area (Å²) < 4.78 is 0. The Hall–Kier alpha value is -2.52. The topological polar surface area (TPSA) is 0 Å². The van der Waals surface area contributed by atoms with Crippen molar-refractivity contribution in [3.05, 3.63) is 87.5 Å². The molecule has 0 N–H and O–H groups in total. The zero-order valence-corrected chi connectivity index (χ0v) is 15.2. The van der Waals surface area contributed by atoms with Gasteiger partial charge >= 0.3 is 0 Å². The van der Waals surface area contributed by atoms with Crippen LogP contribution >= 0.6 is 0 Å². The van der Waals surface area contributed by atoms with Crippen molar-refractivity contribution in [1.82, 2.24) is 0 Å². The highest BCUT2D eigenvalue weighted by Gasteiger charge is 2.18. The quantitative estimate of drug-likeness (QED) is 0.585. The van der Waals surface area contributed by atoms with E-state index in [1.807, 2.05) is 0 Å². The van der Waals surface area contributed by atoms with Gasteiger partial charge in [0.1, 0.15) is 0 Å². The van der Waals surface area contributed by atoms with Crippen LogP contribution in [-0.4, -0.2) is 0 Å². The van der Waals surface area contributed by atoms with E-state index >= 15 is 0 Å². The Balaban J connectivity index is 2.14. The Morgan fingerprint density at radius 2 is 1.38 bits per heavy atom.